The molecule has 1 aromatic rings. The SMILES string of the molecule is Cc1ccc(NC(=S)/N=C2\SCCN2C)cc1. The van der Waals surface area contributed by atoms with E-state index in [0.29, 0.717) is 5.11 Å². The van der Waals surface area contributed by atoms with E-state index in [1.54, 1.807) is 11.8 Å². The van der Waals surface area contributed by atoms with Crippen LogP contribution in [0.2, 0.25) is 0 Å². The van der Waals surface area contributed by atoms with Crippen molar-refractivity contribution in [3.05, 3.63) is 29.8 Å². The van der Waals surface area contributed by atoms with Crippen molar-refractivity contribution in [2.75, 3.05) is 24.7 Å². The van der Waals surface area contributed by atoms with Gasteiger partial charge in [0.25, 0.3) is 0 Å². The Morgan fingerprint density at radius 2 is 2.12 bits per heavy atom. The molecule has 5 heteroatoms. The number of nitrogens with zero attached hydrogens (tertiary/aromatic N) is 2. The first-order valence-corrected chi connectivity index (χ1v) is 6.85. The highest BCUT2D eigenvalue weighted by Crippen LogP contribution is 2.16. The van der Waals surface area contributed by atoms with Gasteiger partial charge in [0.05, 0.1) is 0 Å². The maximum Gasteiger partial charge on any atom is 0.199 e. The molecule has 1 N–H and O–H groups in total. The standard InChI is InChI=1S/C12H15N3S2/c1-9-3-5-10(6-4-9)13-11(16)14-12-15(2)7-8-17-12/h3-6H,7-8H2,1-2H3,(H,13,16)/b14-12-. The maximum absolute atomic E-state index is 5.22. The third-order valence-corrected chi connectivity index (χ3v) is 3.73. The zero-order valence-corrected chi connectivity index (χ0v) is 11.6. The zero-order chi connectivity index (χ0) is 12.3. The first-order valence-electron chi connectivity index (χ1n) is 5.45. The normalized spacial score (nSPS) is 17.5. The van der Waals surface area contributed by atoms with Crippen LogP contribution in [-0.4, -0.2) is 34.5 Å². The van der Waals surface area contributed by atoms with Crippen LogP contribution in [-0.2, 0) is 0 Å². The average Bonchev–Trinajstić information content (AvgIpc) is 2.68. The van der Waals surface area contributed by atoms with E-state index in [9.17, 15) is 0 Å². The maximum atomic E-state index is 5.22. The molecule has 0 bridgehead atoms. The summed E-state index contributed by atoms with van der Waals surface area (Å²) < 4.78 is 0. The van der Waals surface area contributed by atoms with Crippen molar-refractivity contribution < 1.29 is 0 Å². The largest absolute Gasteiger partial charge is 0.353 e. The lowest BCUT2D eigenvalue weighted by Gasteiger charge is -2.10. The number of anilines is 1. The lowest BCUT2D eigenvalue weighted by Crippen LogP contribution is -2.20. The molecule has 90 valence electrons. The summed E-state index contributed by atoms with van der Waals surface area (Å²) in [4.78, 5) is 6.52. The van der Waals surface area contributed by atoms with Crippen molar-refractivity contribution in [1.82, 2.24) is 4.90 Å². The number of benzene rings is 1. The van der Waals surface area contributed by atoms with Gasteiger partial charge in [-0.2, -0.15) is 4.99 Å². The fraction of sp³-hybridized carbons (Fsp3) is 0.333. The molecule has 0 radical (unpaired) electrons. The highest BCUT2D eigenvalue weighted by molar-refractivity contribution is 8.14. The Morgan fingerprint density at radius 1 is 1.41 bits per heavy atom. The van der Waals surface area contributed by atoms with Gasteiger partial charge in [0.1, 0.15) is 0 Å². The number of hydrogen-bond acceptors (Lipinski definition) is 2. The molecule has 3 nitrogen and oxygen atoms in total. The van der Waals surface area contributed by atoms with Gasteiger partial charge in [-0.1, -0.05) is 29.5 Å². The molecule has 17 heavy (non-hydrogen) atoms. The minimum atomic E-state index is 0.519. The Balaban J connectivity index is 2.00. The first kappa shape index (κ1) is 12.4. The van der Waals surface area contributed by atoms with E-state index in [4.69, 9.17) is 12.2 Å². The lowest BCUT2D eigenvalue weighted by molar-refractivity contribution is 0.564. The smallest absolute Gasteiger partial charge is 0.199 e. The van der Waals surface area contributed by atoms with E-state index in [0.717, 1.165) is 23.2 Å². The van der Waals surface area contributed by atoms with Crippen molar-refractivity contribution in [3.8, 4) is 0 Å². The Bertz CT molecular complexity index is 440. The van der Waals surface area contributed by atoms with E-state index >= 15 is 0 Å². The minimum absolute atomic E-state index is 0.519. The molecule has 0 spiro atoms. The predicted molar refractivity (Wildman–Crippen MR) is 79.9 cm³/mol. The molecular weight excluding hydrogens is 250 g/mol. The Kier molecular flexibility index (Phi) is 4.02. The van der Waals surface area contributed by atoms with Crippen LogP contribution in [0.4, 0.5) is 5.69 Å². The number of aliphatic imine (C=N–C) groups is 1. The molecule has 1 aliphatic rings. The highest BCUT2D eigenvalue weighted by atomic mass is 32.2. The summed E-state index contributed by atoms with van der Waals surface area (Å²) in [6.07, 6.45) is 0. The van der Waals surface area contributed by atoms with Gasteiger partial charge in [-0.3, -0.25) is 0 Å². The fourth-order valence-corrected chi connectivity index (χ4v) is 2.75. The Labute approximate surface area is 111 Å². The molecule has 1 aliphatic heterocycles. The number of rotatable bonds is 1. The topological polar surface area (TPSA) is 27.6 Å². The van der Waals surface area contributed by atoms with E-state index in [2.05, 4.69) is 34.3 Å². The molecule has 1 aromatic carbocycles. The van der Waals surface area contributed by atoms with Gasteiger partial charge in [0.15, 0.2) is 10.3 Å². The molecule has 0 unspecified atom stereocenters. The van der Waals surface area contributed by atoms with Gasteiger partial charge in [-0.15, -0.1) is 0 Å². The van der Waals surface area contributed by atoms with Gasteiger partial charge in [-0.05, 0) is 31.3 Å². The van der Waals surface area contributed by atoms with Crippen molar-refractivity contribution in [1.29, 1.82) is 0 Å². The second-order valence-corrected chi connectivity index (χ2v) is 5.41. The van der Waals surface area contributed by atoms with Gasteiger partial charge in [0.2, 0.25) is 0 Å². The number of thioether (sulfide) groups is 1. The van der Waals surface area contributed by atoms with Gasteiger partial charge < -0.3 is 10.2 Å². The second kappa shape index (κ2) is 5.51. The van der Waals surface area contributed by atoms with Crippen molar-refractivity contribution in [3.63, 3.8) is 0 Å². The molecule has 0 aliphatic carbocycles. The zero-order valence-electron chi connectivity index (χ0n) is 9.93. The number of aryl methyl sites for hydroxylation is 1. The van der Waals surface area contributed by atoms with E-state index < -0.39 is 0 Å². The molecule has 0 saturated carbocycles. The van der Waals surface area contributed by atoms with Crippen molar-refractivity contribution >= 4 is 39.9 Å². The second-order valence-electron chi connectivity index (χ2n) is 3.96. The molecule has 1 fully saturated rings. The van der Waals surface area contributed by atoms with Crippen LogP contribution in [0.3, 0.4) is 0 Å². The summed E-state index contributed by atoms with van der Waals surface area (Å²) in [6.45, 7) is 3.10. The molecular formula is C12H15N3S2. The molecule has 0 aromatic heterocycles. The highest BCUT2D eigenvalue weighted by Gasteiger charge is 2.15. The van der Waals surface area contributed by atoms with Crippen LogP contribution in [0.5, 0.6) is 0 Å². The monoisotopic (exact) mass is 265 g/mol. The van der Waals surface area contributed by atoms with Crippen LogP contribution in [0.25, 0.3) is 0 Å². The lowest BCUT2D eigenvalue weighted by atomic mass is 10.2. The van der Waals surface area contributed by atoms with Crippen LogP contribution in [0.1, 0.15) is 5.56 Å². The predicted octanol–water partition coefficient (Wildman–Crippen LogP) is 2.73. The summed E-state index contributed by atoms with van der Waals surface area (Å²) in [5, 5.41) is 4.63. The summed E-state index contributed by atoms with van der Waals surface area (Å²) >= 11 is 6.96. The first-order chi connectivity index (χ1) is 8.15. The van der Waals surface area contributed by atoms with Crippen LogP contribution < -0.4 is 5.32 Å². The van der Waals surface area contributed by atoms with Crippen LogP contribution >= 0.6 is 24.0 Å². The van der Waals surface area contributed by atoms with Crippen molar-refractivity contribution in [2.45, 2.75) is 6.92 Å². The van der Waals surface area contributed by atoms with E-state index in [1.807, 2.05) is 19.2 Å². The van der Waals surface area contributed by atoms with Crippen LogP contribution in [0, 0.1) is 6.92 Å². The van der Waals surface area contributed by atoms with E-state index in [1.165, 1.54) is 5.56 Å². The molecule has 1 saturated heterocycles. The van der Waals surface area contributed by atoms with Crippen LogP contribution in [0.15, 0.2) is 29.3 Å². The molecule has 0 atom stereocenters. The number of amidine groups is 1. The minimum Gasteiger partial charge on any atom is -0.353 e. The van der Waals surface area contributed by atoms with E-state index in [-0.39, 0.29) is 0 Å². The fourth-order valence-electron chi connectivity index (χ4n) is 1.47. The summed E-state index contributed by atoms with van der Waals surface area (Å²) in [5.74, 6) is 1.09. The molecule has 1 heterocycles. The van der Waals surface area contributed by atoms with Gasteiger partial charge >= 0.3 is 0 Å². The molecule has 0 amide bonds. The molecule has 2 rings (SSSR count). The number of hydrogen-bond donors (Lipinski definition) is 1. The quantitative estimate of drug-likeness (QED) is 0.790. The average molecular weight is 265 g/mol. The summed E-state index contributed by atoms with van der Waals surface area (Å²) in [5.41, 5.74) is 2.22. The Hall–Kier alpha value is -1.07. The Morgan fingerprint density at radius 3 is 2.71 bits per heavy atom. The van der Waals surface area contributed by atoms with Gasteiger partial charge in [0, 0.05) is 25.0 Å². The summed E-state index contributed by atoms with van der Waals surface area (Å²) in [7, 11) is 2.04. The van der Waals surface area contributed by atoms with Crippen molar-refractivity contribution in [2.24, 2.45) is 4.99 Å². The number of nitrogens with one attached hydrogen (secondary N) is 1. The van der Waals surface area contributed by atoms with Gasteiger partial charge in [-0.25, -0.2) is 0 Å². The number of thiocarbonyl (C=S) groups is 1. The third kappa shape index (κ3) is 3.44. The third-order valence-electron chi connectivity index (χ3n) is 2.48. The summed E-state index contributed by atoms with van der Waals surface area (Å²) in [6, 6.07) is 8.11.